The molecule has 1 saturated carbocycles. The Balaban J connectivity index is 1.89. The molecule has 0 aromatic rings. The lowest BCUT2D eigenvalue weighted by Gasteiger charge is -2.55. The molecule has 98 valence electrons. The second kappa shape index (κ2) is 4.19. The maximum atomic E-state index is 5.85. The highest BCUT2D eigenvalue weighted by atomic mass is 17.2. The molecule has 2 aliphatic heterocycles. The van der Waals surface area contributed by atoms with Crippen LogP contribution < -0.4 is 0 Å². The van der Waals surface area contributed by atoms with Crippen molar-refractivity contribution in [1.82, 2.24) is 0 Å². The van der Waals surface area contributed by atoms with Crippen LogP contribution in [0.1, 0.15) is 40.0 Å². The molecule has 0 amide bonds. The van der Waals surface area contributed by atoms with Crippen LogP contribution >= 0.6 is 0 Å². The van der Waals surface area contributed by atoms with Gasteiger partial charge >= 0.3 is 0 Å². The summed E-state index contributed by atoms with van der Waals surface area (Å²) in [7, 11) is 0. The Labute approximate surface area is 102 Å². The lowest BCUT2D eigenvalue weighted by Crippen LogP contribution is -2.64. The summed E-state index contributed by atoms with van der Waals surface area (Å²) in [4.78, 5) is 11.1. The minimum Gasteiger partial charge on any atom is -0.349 e. The summed E-state index contributed by atoms with van der Waals surface area (Å²) in [6, 6.07) is 0. The summed E-state index contributed by atoms with van der Waals surface area (Å²) in [6.45, 7) is 7.11. The number of ether oxygens (including phenoxy) is 2. The van der Waals surface area contributed by atoms with Crippen molar-refractivity contribution in [2.75, 3.05) is 6.61 Å². The summed E-state index contributed by atoms with van der Waals surface area (Å²) in [5.74, 6) is 1.65. The van der Waals surface area contributed by atoms with Gasteiger partial charge in [0.15, 0.2) is 18.2 Å². The van der Waals surface area contributed by atoms with E-state index >= 15 is 0 Å². The third-order valence-electron chi connectivity index (χ3n) is 4.52. The first-order valence-corrected chi connectivity index (χ1v) is 6.73. The van der Waals surface area contributed by atoms with Crippen molar-refractivity contribution < 1.29 is 19.2 Å². The van der Waals surface area contributed by atoms with Crippen molar-refractivity contribution in [2.45, 2.75) is 58.2 Å². The van der Waals surface area contributed by atoms with Crippen LogP contribution in [0, 0.1) is 17.8 Å². The third-order valence-corrected chi connectivity index (χ3v) is 4.52. The fourth-order valence-electron chi connectivity index (χ4n) is 3.68. The van der Waals surface area contributed by atoms with E-state index in [0.29, 0.717) is 17.8 Å². The van der Waals surface area contributed by atoms with Crippen molar-refractivity contribution in [3.05, 3.63) is 0 Å². The van der Waals surface area contributed by atoms with Gasteiger partial charge in [0.05, 0.1) is 6.61 Å². The van der Waals surface area contributed by atoms with Crippen LogP contribution in [0.25, 0.3) is 0 Å². The van der Waals surface area contributed by atoms with Crippen molar-refractivity contribution in [2.24, 2.45) is 17.8 Å². The predicted molar refractivity (Wildman–Crippen MR) is 60.9 cm³/mol. The molecular formula is C13H22O4. The lowest BCUT2D eigenvalue weighted by molar-refractivity contribution is -0.536. The van der Waals surface area contributed by atoms with Gasteiger partial charge in [0, 0.05) is 5.92 Å². The van der Waals surface area contributed by atoms with E-state index in [1.807, 2.05) is 6.92 Å². The maximum Gasteiger partial charge on any atom is 0.193 e. The summed E-state index contributed by atoms with van der Waals surface area (Å²) < 4.78 is 11.6. The largest absolute Gasteiger partial charge is 0.349 e. The molecule has 0 N–H and O–H groups in total. The summed E-state index contributed by atoms with van der Waals surface area (Å²) in [5.41, 5.74) is -0.373. The van der Waals surface area contributed by atoms with Gasteiger partial charge in [0.25, 0.3) is 0 Å². The second-order valence-corrected chi connectivity index (χ2v) is 5.97. The highest BCUT2D eigenvalue weighted by Crippen LogP contribution is 2.51. The number of hydrogen-bond donors (Lipinski definition) is 0. The maximum absolute atomic E-state index is 5.85. The highest BCUT2D eigenvalue weighted by molar-refractivity contribution is 5.01. The zero-order chi connectivity index (χ0) is 12.0. The first-order valence-electron chi connectivity index (χ1n) is 6.73. The van der Waals surface area contributed by atoms with Gasteiger partial charge < -0.3 is 9.47 Å². The van der Waals surface area contributed by atoms with Gasteiger partial charge in [-0.1, -0.05) is 20.3 Å². The number of hydrogen-bond acceptors (Lipinski definition) is 4. The average molecular weight is 242 g/mol. The van der Waals surface area contributed by atoms with Gasteiger partial charge in [-0.2, -0.15) is 0 Å². The standard InChI is InChI=1S/C13H22O4/c1-8-4-5-11-9(2)7-14-12-13(11,6-8)17-16-10(3)15-12/h8-12H,4-7H2,1-3H3/t8-,9+,10?,11?,12?,13-/m0/s1. The Bertz CT molecular complexity index is 295. The van der Waals surface area contributed by atoms with Gasteiger partial charge in [-0.05, 0) is 31.6 Å². The van der Waals surface area contributed by atoms with Crippen LogP contribution in [0.4, 0.5) is 0 Å². The minimum atomic E-state index is -0.373. The smallest absolute Gasteiger partial charge is 0.193 e. The van der Waals surface area contributed by atoms with Gasteiger partial charge in [-0.3, -0.25) is 0 Å². The van der Waals surface area contributed by atoms with E-state index in [9.17, 15) is 0 Å². The predicted octanol–water partition coefficient (Wildman–Crippen LogP) is 2.48. The third kappa shape index (κ3) is 1.82. The molecule has 3 fully saturated rings. The molecule has 0 radical (unpaired) electrons. The average Bonchev–Trinajstić information content (AvgIpc) is 2.30. The molecule has 0 aromatic carbocycles. The zero-order valence-corrected chi connectivity index (χ0v) is 10.8. The Morgan fingerprint density at radius 1 is 1.12 bits per heavy atom. The molecule has 1 aliphatic carbocycles. The minimum absolute atomic E-state index is 0.254. The van der Waals surface area contributed by atoms with E-state index in [4.69, 9.17) is 19.2 Å². The van der Waals surface area contributed by atoms with Crippen LogP contribution in [-0.2, 0) is 19.2 Å². The zero-order valence-electron chi connectivity index (χ0n) is 10.8. The molecule has 17 heavy (non-hydrogen) atoms. The van der Waals surface area contributed by atoms with Crippen LogP contribution in [-0.4, -0.2) is 24.8 Å². The molecule has 3 unspecified atom stereocenters. The van der Waals surface area contributed by atoms with E-state index in [1.54, 1.807) is 0 Å². The van der Waals surface area contributed by atoms with E-state index in [-0.39, 0.29) is 18.2 Å². The van der Waals surface area contributed by atoms with E-state index < -0.39 is 0 Å². The van der Waals surface area contributed by atoms with Gasteiger partial charge in [0.2, 0.25) is 0 Å². The molecule has 0 bridgehead atoms. The summed E-state index contributed by atoms with van der Waals surface area (Å²) in [6.07, 6.45) is 2.83. The monoisotopic (exact) mass is 242 g/mol. The van der Waals surface area contributed by atoms with Crippen LogP contribution in [0.15, 0.2) is 0 Å². The van der Waals surface area contributed by atoms with Crippen LogP contribution in [0.5, 0.6) is 0 Å². The SMILES string of the molecule is CC1OO[C@@]23C[C@@H](C)CCC2[C@H](C)COC3O1. The quantitative estimate of drug-likeness (QED) is 0.611. The van der Waals surface area contributed by atoms with Crippen LogP contribution in [0.2, 0.25) is 0 Å². The van der Waals surface area contributed by atoms with Crippen molar-refractivity contribution in [3.8, 4) is 0 Å². The molecule has 4 heteroatoms. The lowest BCUT2D eigenvalue weighted by atomic mass is 9.65. The molecule has 4 nitrogen and oxygen atoms in total. The molecular weight excluding hydrogens is 220 g/mol. The van der Waals surface area contributed by atoms with Crippen molar-refractivity contribution in [1.29, 1.82) is 0 Å². The van der Waals surface area contributed by atoms with Crippen molar-refractivity contribution in [3.63, 3.8) is 0 Å². The fraction of sp³-hybridized carbons (Fsp3) is 1.00. The van der Waals surface area contributed by atoms with Crippen LogP contribution in [0.3, 0.4) is 0 Å². The Kier molecular flexibility index (Phi) is 2.94. The first-order chi connectivity index (χ1) is 8.12. The summed E-state index contributed by atoms with van der Waals surface area (Å²) in [5, 5.41) is 0. The normalized spacial score (nSPS) is 54.9. The van der Waals surface area contributed by atoms with E-state index in [0.717, 1.165) is 13.0 Å². The molecule has 6 atom stereocenters. The van der Waals surface area contributed by atoms with Gasteiger partial charge in [-0.15, -0.1) is 0 Å². The molecule has 2 saturated heterocycles. The molecule has 3 rings (SSSR count). The van der Waals surface area contributed by atoms with Gasteiger partial charge in [0.1, 0.15) is 0 Å². The fourth-order valence-corrected chi connectivity index (χ4v) is 3.68. The molecule has 2 heterocycles. The summed E-state index contributed by atoms with van der Waals surface area (Å²) >= 11 is 0. The first kappa shape index (κ1) is 11.9. The Hall–Kier alpha value is -0.160. The molecule has 1 spiro atoms. The van der Waals surface area contributed by atoms with E-state index in [2.05, 4.69) is 13.8 Å². The molecule has 3 aliphatic rings. The topological polar surface area (TPSA) is 36.9 Å². The highest BCUT2D eigenvalue weighted by Gasteiger charge is 2.59. The Morgan fingerprint density at radius 2 is 1.94 bits per heavy atom. The number of rotatable bonds is 0. The van der Waals surface area contributed by atoms with Crippen molar-refractivity contribution >= 4 is 0 Å². The second-order valence-electron chi connectivity index (χ2n) is 5.97. The Morgan fingerprint density at radius 3 is 2.76 bits per heavy atom. The van der Waals surface area contributed by atoms with Gasteiger partial charge in [-0.25, -0.2) is 9.78 Å². The van der Waals surface area contributed by atoms with E-state index in [1.165, 1.54) is 12.8 Å². The molecule has 0 aromatic heterocycles.